The molecule has 0 aromatic rings. The number of carbonyl (C=O) groups excluding carboxylic acids is 3. The first kappa shape index (κ1) is 76.1. The molecule has 0 amide bonds. The van der Waals surface area contributed by atoms with Crippen molar-refractivity contribution < 1.29 is 28.6 Å². The Labute approximate surface area is 491 Å². The molecule has 0 N–H and O–H groups in total. The molecule has 0 bridgehead atoms. The predicted molar refractivity (Wildman–Crippen MR) is 344 cm³/mol. The average Bonchev–Trinajstić information content (AvgIpc) is 3.45. The molecule has 0 saturated carbocycles. The molecule has 0 heterocycles. The summed E-state index contributed by atoms with van der Waals surface area (Å²) < 4.78 is 17.0. The topological polar surface area (TPSA) is 78.9 Å². The summed E-state index contributed by atoms with van der Waals surface area (Å²) in [6.45, 7) is 6.58. The van der Waals surface area contributed by atoms with Gasteiger partial charge in [0.2, 0.25) is 0 Å². The van der Waals surface area contributed by atoms with Crippen LogP contribution in [0.2, 0.25) is 0 Å². The van der Waals surface area contributed by atoms with E-state index in [1.807, 2.05) is 0 Å². The molecule has 1 unspecified atom stereocenters. The monoisotopic (exact) mass is 1110 g/mol. The summed E-state index contributed by atoms with van der Waals surface area (Å²) in [4.78, 5) is 38.3. The molecular formula is C73H132O6. The van der Waals surface area contributed by atoms with Crippen molar-refractivity contribution >= 4 is 17.9 Å². The molecule has 0 aromatic heterocycles. The molecule has 6 nitrogen and oxygen atoms in total. The number of rotatable bonds is 64. The number of carbonyl (C=O) groups is 3. The number of hydrogen-bond acceptors (Lipinski definition) is 6. The SMILES string of the molecule is CC/C=C\C/C=C\C/C=C\C/C=C\C/C=C\CCCCCCCCCCCCCCCC(=O)OCC(COC(=O)CCCCCCCCCCCC)OC(=O)CCCCCCCCCCCCCCCCCCCCCCCC. The zero-order chi connectivity index (χ0) is 57.1. The van der Waals surface area contributed by atoms with Gasteiger partial charge in [-0.3, -0.25) is 14.4 Å². The largest absolute Gasteiger partial charge is 0.462 e. The molecule has 0 aromatic carbocycles. The molecule has 0 spiro atoms. The van der Waals surface area contributed by atoms with Crippen molar-refractivity contribution in [2.24, 2.45) is 0 Å². The molecule has 0 fully saturated rings. The third-order valence-corrected chi connectivity index (χ3v) is 15.5. The maximum Gasteiger partial charge on any atom is 0.306 e. The number of allylic oxidation sites excluding steroid dienone is 10. The lowest BCUT2D eigenvalue weighted by molar-refractivity contribution is -0.167. The normalized spacial score (nSPS) is 12.4. The van der Waals surface area contributed by atoms with E-state index in [4.69, 9.17) is 14.2 Å². The van der Waals surface area contributed by atoms with Crippen molar-refractivity contribution in [3.63, 3.8) is 0 Å². The quantitative estimate of drug-likeness (QED) is 0.0261. The Morgan fingerprint density at radius 2 is 0.494 bits per heavy atom. The molecule has 0 rings (SSSR count). The first-order valence-electron chi connectivity index (χ1n) is 34.8. The van der Waals surface area contributed by atoms with Crippen molar-refractivity contribution in [2.45, 2.75) is 374 Å². The third kappa shape index (κ3) is 65.8. The van der Waals surface area contributed by atoms with Gasteiger partial charge in [-0.1, -0.05) is 345 Å². The zero-order valence-corrected chi connectivity index (χ0v) is 52.9. The van der Waals surface area contributed by atoms with Crippen molar-refractivity contribution in [2.75, 3.05) is 13.2 Å². The second-order valence-electron chi connectivity index (χ2n) is 23.4. The molecule has 460 valence electrons. The average molecular weight is 1110 g/mol. The van der Waals surface area contributed by atoms with Crippen molar-refractivity contribution in [1.82, 2.24) is 0 Å². The molecule has 6 heteroatoms. The van der Waals surface area contributed by atoms with E-state index < -0.39 is 6.10 Å². The lowest BCUT2D eigenvalue weighted by atomic mass is 10.0. The van der Waals surface area contributed by atoms with Gasteiger partial charge in [0, 0.05) is 19.3 Å². The maximum absolute atomic E-state index is 12.9. The van der Waals surface area contributed by atoms with Crippen LogP contribution in [0, 0.1) is 0 Å². The fourth-order valence-electron chi connectivity index (χ4n) is 10.4. The Balaban J connectivity index is 4.15. The van der Waals surface area contributed by atoms with Crippen LogP contribution >= 0.6 is 0 Å². The fraction of sp³-hybridized carbons (Fsp3) is 0.822. The predicted octanol–water partition coefficient (Wildman–Crippen LogP) is 23.9. The molecule has 79 heavy (non-hydrogen) atoms. The van der Waals surface area contributed by atoms with Gasteiger partial charge in [-0.05, 0) is 64.2 Å². The van der Waals surface area contributed by atoms with Gasteiger partial charge in [-0.15, -0.1) is 0 Å². The standard InChI is InChI=1S/C73H132O6/c1-4-7-10-13-16-19-22-24-26-28-30-32-34-35-36-37-38-39-40-42-43-45-47-49-51-54-57-60-63-66-72(75)78-69-70(68-77-71(74)65-62-59-56-53-21-18-15-12-9-6-3)79-73(76)67-64-61-58-55-52-50-48-46-44-41-33-31-29-27-25-23-20-17-14-11-8-5-2/h7,10,16,19,24,26,30,32,35-36,70H,4-6,8-9,11-15,17-18,20-23,25,27-29,31,33-34,37-69H2,1-3H3/b10-7-,19-16-,26-24-,32-30-,36-35-. The van der Waals surface area contributed by atoms with Crippen molar-refractivity contribution in [3.8, 4) is 0 Å². The lowest BCUT2D eigenvalue weighted by Crippen LogP contribution is -2.30. The van der Waals surface area contributed by atoms with Crippen LogP contribution in [0.25, 0.3) is 0 Å². The van der Waals surface area contributed by atoms with Crippen LogP contribution in [0.4, 0.5) is 0 Å². The van der Waals surface area contributed by atoms with E-state index in [9.17, 15) is 14.4 Å². The first-order valence-corrected chi connectivity index (χ1v) is 34.8. The van der Waals surface area contributed by atoms with Gasteiger partial charge in [0.05, 0.1) is 0 Å². The minimum absolute atomic E-state index is 0.0681. The summed E-state index contributed by atoms with van der Waals surface area (Å²) >= 11 is 0. The molecule has 1 atom stereocenters. The second kappa shape index (κ2) is 67.6. The van der Waals surface area contributed by atoms with Gasteiger partial charge in [-0.2, -0.15) is 0 Å². The Hall–Kier alpha value is -2.89. The zero-order valence-electron chi connectivity index (χ0n) is 52.9. The van der Waals surface area contributed by atoms with E-state index in [1.165, 1.54) is 238 Å². The molecular weight excluding hydrogens is 973 g/mol. The number of esters is 3. The van der Waals surface area contributed by atoms with Crippen LogP contribution in [0.1, 0.15) is 367 Å². The lowest BCUT2D eigenvalue weighted by Gasteiger charge is -2.18. The minimum atomic E-state index is -0.770. The highest BCUT2D eigenvalue weighted by Crippen LogP contribution is 2.18. The molecule has 0 saturated heterocycles. The smallest absolute Gasteiger partial charge is 0.306 e. The van der Waals surface area contributed by atoms with E-state index in [0.29, 0.717) is 19.3 Å². The fourth-order valence-corrected chi connectivity index (χ4v) is 10.4. The van der Waals surface area contributed by atoms with Crippen LogP contribution in [-0.4, -0.2) is 37.2 Å². The van der Waals surface area contributed by atoms with E-state index in [-0.39, 0.29) is 31.1 Å². The summed E-state index contributed by atoms with van der Waals surface area (Å²) in [6, 6.07) is 0. The Kier molecular flexibility index (Phi) is 65.1. The minimum Gasteiger partial charge on any atom is -0.462 e. The third-order valence-electron chi connectivity index (χ3n) is 15.5. The van der Waals surface area contributed by atoms with Crippen molar-refractivity contribution in [1.29, 1.82) is 0 Å². The van der Waals surface area contributed by atoms with Crippen LogP contribution < -0.4 is 0 Å². The summed E-state index contributed by atoms with van der Waals surface area (Å²) in [7, 11) is 0. The van der Waals surface area contributed by atoms with Gasteiger partial charge < -0.3 is 14.2 Å². The Morgan fingerprint density at radius 1 is 0.266 bits per heavy atom. The number of hydrogen-bond donors (Lipinski definition) is 0. The highest BCUT2D eigenvalue weighted by Gasteiger charge is 2.19. The first-order chi connectivity index (χ1) is 39.0. The van der Waals surface area contributed by atoms with Crippen LogP contribution in [0.15, 0.2) is 60.8 Å². The van der Waals surface area contributed by atoms with E-state index >= 15 is 0 Å². The highest BCUT2D eigenvalue weighted by atomic mass is 16.6. The van der Waals surface area contributed by atoms with Gasteiger partial charge in [-0.25, -0.2) is 0 Å². The van der Waals surface area contributed by atoms with Crippen LogP contribution in [-0.2, 0) is 28.6 Å². The van der Waals surface area contributed by atoms with Gasteiger partial charge in [0.1, 0.15) is 13.2 Å². The van der Waals surface area contributed by atoms with E-state index in [0.717, 1.165) is 89.9 Å². The summed E-state index contributed by atoms with van der Waals surface area (Å²) in [5.41, 5.74) is 0. The van der Waals surface area contributed by atoms with Gasteiger partial charge >= 0.3 is 17.9 Å². The van der Waals surface area contributed by atoms with Gasteiger partial charge in [0.25, 0.3) is 0 Å². The molecule has 0 aliphatic carbocycles. The molecule has 0 radical (unpaired) electrons. The van der Waals surface area contributed by atoms with Crippen molar-refractivity contribution in [3.05, 3.63) is 60.8 Å². The molecule has 0 aliphatic rings. The van der Waals surface area contributed by atoms with E-state index in [1.54, 1.807) is 0 Å². The summed E-state index contributed by atoms with van der Waals surface area (Å²) in [5.74, 6) is -0.846. The van der Waals surface area contributed by atoms with Crippen LogP contribution in [0.3, 0.4) is 0 Å². The number of unbranched alkanes of at least 4 members (excludes halogenated alkanes) is 43. The van der Waals surface area contributed by atoms with Crippen LogP contribution in [0.5, 0.6) is 0 Å². The summed E-state index contributed by atoms with van der Waals surface area (Å²) in [5, 5.41) is 0. The van der Waals surface area contributed by atoms with Gasteiger partial charge in [0.15, 0.2) is 6.10 Å². The highest BCUT2D eigenvalue weighted by molar-refractivity contribution is 5.71. The maximum atomic E-state index is 12.9. The second-order valence-corrected chi connectivity index (χ2v) is 23.4. The Morgan fingerprint density at radius 3 is 0.772 bits per heavy atom. The Bertz CT molecular complexity index is 1410. The molecule has 0 aliphatic heterocycles. The summed E-state index contributed by atoms with van der Waals surface area (Å²) in [6.07, 6.45) is 86.8. The van der Waals surface area contributed by atoms with E-state index in [2.05, 4.69) is 81.5 Å². The number of ether oxygens (including phenoxy) is 3.